The first-order chi connectivity index (χ1) is 13.3. The summed E-state index contributed by atoms with van der Waals surface area (Å²) in [5.41, 5.74) is 6.49. The van der Waals surface area contributed by atoms with Crippen molar-refractivity contribution in [3.63, 3.8) is 0 Å². The van der Waals surface area contributed by atoms with Crippen LogP contribution in [0.15, 0.2) is 30.3 Å². The Labute approximate surface area is 164 Å². The van der Waals surface area contributed by atoms with E-state index in [1.54, 1.807) is 30.3 Å². The van der Waals surface area contributed by atoms with Crippen LogP contribution in [0.25, 0.3) is 0 Å². The molecule has 0 spiro atoms. The highest BCUT2D eigenvalue weighted by Crippen LogP contribution is 2.25. The molecule has 29 heavy (non-hydrogen) atoms. The second-order valence-corrected chi connectivity index (χ2v) is 6.94. The Morgan fingerprint density at radius 3 is 2.14 bits per heavy atom. The Bertz CT molecular complexity index is 683. The Kier molecular flexibility index (Phi) is 8.51. The third-order valence-corrected chi connectivity index (χ3v) is 4.13. The fourth-order valence-corrected chi connectivity index (χ4v) is 2.50. The number of hydrogen-bond donors (Lipinski definition) is 4. The van der Waals surface area contributed by atoms with Crippen LogP contribution in [0.5, 0.6) is 0 Å². The number of rotatable bonds is 9. The number of carbonyl (C=O) groups excluding carboxylic acids is 2. The number of hydrogen-bond acceptors (Lipinski definition) is 4. The second-order valence-electron chi connectivity index (χ2n) is 6.94. The molecule has 0 radical (unpaired) electrons. The largest absolute Gasteiger partial charge is 0.405 e. The van der Waals surface area contributed by atoms with Gasteiger partial charge in [0.05, 0.1) is 12.1 Å². The Hall–Kier alpha value is -2.27. The van der Waals surface area contributed by atoms with E-state index in [-0.39, 0.29) is 6.42 Å². The molecule has 0 unspecified atom stereocenters. The van der Waals surface area contributed by atoms with E-state index < -0.39 is 54.6 Å². The number of benzene rings is 1. The monoisotopic (exact) mass is 425 g/mol. The topological polar surface area (TPSA) is 104 Å². The summed E-state index contributed by atoms with van der Waals surface area (Å²) >= 11 is 0. The lowest BCUT2D eigenvalue weighted by molar-refractivity contribution is -0.174. The molecular weight excluding hydrogens is 401 g/mol. The number of nitrogens with two attached hydrogens (primary N) is 1. The summed E-state index contributed by atoms with van der Waals surface area (Å²) in [5, 5.41) is 13.2. The molecule has 0 aliphatic rings. The molecule has 1 aromatic rings. The van der Waals surface area contributed by atoms with Crippen molar-refractivity contribution in [2.24, 2.45) is 11.7 Å². The normalized spacial score (nSPS) is 15.5. The average Bonchev–Trinajstić information content (AvgIpc) is 2.63. The zero-order valence-corrected chi connectivity index (χ0v) is 15.8. The van der Waals surface area contributed by atoms with Gasteiger partial charge in [-0.3, -0.25) is 9.59 Å². The van der Waals surface area contributed by atoms with E-state index >= 15 is 0 Å². The standard InChI is InChI=1S/C18H24F5N3O3/c1-10(2)13(14(27)18(22,23)16(29)25-9-17(19,20)21)26-15(28)12(24)8-11-6-4-3-5-7-11/h3-7,10,12-14,27H,8-9,24H2,1-2H3,(H,25,29)(H,26,28)/t12-,13-,14+/m0/s1. The van der Waals surface area contributed by atoms with Gasteiger partial charge in [0.1, 0.15) is 12.6 Å². The van der Waals surface area contributed by atoms with Crippen LogP contribution >= 0.6 is 0 Å². The molecule has 164 valence electrons. The van der Waals surface area contributed by atoms with Gasteiger partial charge in [0.2, 0.25) is 5.91 Å². The highest BCUT2D eigenvalue weighted by atomic mass is 19.4. The van der Waals surface area contributed by atoms with Gasteiger partial charge in [-0.1, -0.05) is 44.2 Å². The predicted molar refractivity (Wildman–Crippen MR) is 94.9 cm³/mol. The summed E-state index contributed by atoms with van der Waals surface area (Å²) in [7, 11) is 0. The second kappa shape index (κ2) is 9.97. The molecule has 2 amide bonds. The molecule has 6 nitrogen and oxygen atoms in total. The van der Waals surface area contributed by atoms with Crippen LogP contribution in [-0.2, 0) is 16.0 Å². The van der Waals surface area contributed by atoms with E-state index in [0.717, 1.165) is 5.32 Å². The average molecular weight is 425 g/mol. The summed E-state index contributed by atoms with van der Waals surface area (Å²) < 4.78 is 64.8. The molecule has 0 aliphatic carbocycles. The first-order valence-electron chi connectivity index (χ1n) is 8.76. The smallest absolute Gasteiger partial charge is 0.384 e. The molecule has 0 saturated heterocycles. The van der Waals surface area contributed by atoms with Gasteiger partial charge in [-0.2, -0.15) is 22.0 Å². The lowest BCUT2D eigenvalue weighted by Crippen LogP contribution is -2.61. The number of amides is 2. The number of aliphatic hydroxyl groups excluding tert-OH is 1. The number of halogens is 5. The number of carbonyl (C=O) groups is 2. The van der Waals surface area contributed by atoms with Gasteiger partial charge in [0.15, 0.2) is 0 Å². The van der Waals surface area contributed by atoms with Crippen LogP contribution in [-0.4, -0.2) is 53.8 Å². The number of aliphatic hydroxyl groups is 1. The maximum Gasteiger partial charge on any atom is 0.405 e. The zero-order valence-electron chi connectivity index (χ0n) is 15.8. The summed E-state index contributed by atoms with van der Waals surface area (Å²) in [5.74, 6) is -8.50. The maximum absolute atomic E-state index is 14.2. The van der Waals surface area contributed by atoms with Crippen molar-refractivity contribution in [1.82, 2.24) is 10.6 Å². The minimum Gasteiger partial charge on any atom is -0.384 e. The summed E-state index contributed by atoms with van der Waals surface area (Å²) in [6.45, 7) is 0.802. The zero-order chi connectivity index (χ0) is 22.4. The number of alkyl halides is 5. The van der Waals surface area contributed by atoms with Crippen molar-refractivity contribution in [2.45, 2.75) is 50.6 Å². The molecule has 0 aromatic heterocycles. The van der Waals surface area contributed by atoms with Gasteiger partial charge < -0.3 is 21.5 Å². The van der Waals surface area contributed by atoms with E-state index in [1.807, 2.05) is 0 Å². The molecule has 1 rings (SSSR count). The van der Waals surface area contributed by atoms with Gasteiger partial charge in [0, 0.05) is 0 Å². The van der Waals surface area contributed by atoms with E-state index in [1.165, 1.54) is 13.8 Å². The van der Waals surface area contributed by atoms with Crippen molar-refractivity contribution in [2.75, 3.05) is 6.54 Å². The minimum absolute atomic E-state index is 0.0933. The molecular formula is C18H24F5N3O3. The predicted octanol–water partition coefficient (Wildman–Crippen LogP) is 1.37. The highest BCUT2D eigenvalue weighted by Gasteiger charge is 2.51. The van der Waals surface area contributed by atoms with Crippen LogP contribution in [0.3, 0.4) is 0 Å². The minimum atomic E-state index is -4.90. The van der Waals surface area contributed by atoms with Gasteiger partial charge in [-0.15, -0.1) is 0 Å². The van der Waals surface area contributed by atoms with Gasteiger partial charge in [-0.05, 0) is 17.9 Å². The molecule has 0 aliphatic heterocycles. The molecule has 11 heteroatoms. The molecule has 0 heterocycles. The van der Waals surface area contributed by atoms with Crippen LogP contribution in [0, 0.1) is 5.92 Å². The first-order valence-corrected chi connectivity index (χ1v) is 8.76. The third kappa shape index (κ3) is 7.58. The Morgan fingerprint density at radius 1 is 1.10 bits per heavy atom. The van der Waals surface area contributed by atoms with Gasteiger partial charge in [0.25, 0.3) is 5.91 Å². The number of nitrogens with one attached hydrogen (secondary N) is 2. The summed E-state index contributed by atoms with van der Waals surface area (Å²) in [4.78, 5) is 23.8. The Balaban J connectivity index is 2.83. The SMILES string of the molecule is CC(C)[C@H](NC(=O)[C@@H](N)Cc1ccccc1)[C@@H](O)C(F)(F)C(=O)NCC(F)(F)F. The highest BCUT2D eigenvalue weighted by molar-refractivity contribution is 5.85. The molecule has 0 saturated carbocycles. The van der Waals surface area contributed by atoms with Crippen molar-refractivity contribution in [3.8, 4) is 0 Å². The first kappa shape index (κ1) is 24.8. The quantitative estimate of drug-likeness (QED) is 0.449. The van der Waals surface area contributed by atoms with Gasteiger partial charge in [-0.25, -0.2) is 0 Å². The fourth-order valence-electron chi connectivity index (χ4n) is 2.50. The van der Waals surface area contributed by atoms with Crippen LogP contribution in [0.2, 0.25) is 0 Å². The lowest BCUT2D eigenvalue weighted by atomic mass is 9.93. The Morgan fingerprint density at radius 2 is 1.66 bits per heavy atom. The van der Waals surface area contributed by atoms with Gasteiger partial charge >= 0.3 is 12.1 Å². The van der Waals surface area contributed by atoms with E-state index in [0.29, 0.717) is 5.56 Å². The summed E-state index contributed by atoms with van der Waals surface area (Å²) in [6, 6.07) is 5.87. The van der Waals surface area contributed by atoms with E-state index in [4.69, 9.17) is 5.73 Å². The molecule has 0 bridgehead atoms. The fraction of sp³-hybridized carbons (Fsp3) is 0.556. The maximum atomic E-state index is 14.2. The third-order valence-electron chi connectivity index (χ3n) is 4.13. The molecule has 3 atom stereocenters. The van der Waals surface area contributed by atoms with Crippen LogP contribution < -0.4 is 16.4 Å². The van der Waals surface area contributed by atoms with Crippen LogP contribution in [0.4, 0.5) is 22.0 Å². The van der Waals surface area contributed by atoms with Crippen LogP contribution in [0.1, 0.15) is 19.4 Å². The molecule has 1 aromatic carbocycles. The molecule has 5 N–H and O–H groups in total. The van der Waals surface area contributed by atoms with E-state index in [2.05, 4.69) is 5.32 Å². The van der Waals surface area contributed by atoms with Crippen molar-refractivity contribution in [3.05, 3.63) is 35.9 Å². The summed E-state index contributed by atoms with van der Waals surface area (Å²) in [6.07, 6.45) is -7.56. The van der Waals surface area contributed by atoms with Crippen molar-refractivity contribution in [1.29, 1.82) is 0 Å². The molecule has 0 fully saturated rings. The van der Waals surface area contributed by atoms with E-state index in [9.17, 15) is 36.6 Å². The van der Waals surface area contributed by atoms with Crippen molar-refractivity contribution < 1.29 is 36.6 Å². The lowest BCUT2D eigenvalue weighted by Gasteiger charge is -2.32. The van der Waals surface area contributed by atoms with Crippen molar-refractivity contribution >= 4 is 11.8 Å².